The summed E-state index contributed by atoms with van der Waals surface area (Å²) in [6, 6.07) is 14.9. The van der Waals surface area contributed by atoms with Gasteiger partial charge in [-0.15, -0.1) is 0 Å². The van der Waals surface area contributed by atoms with Crippen molar-refractivity contribution in [1.29, 1.82) is 0 Å². The average molecular weight is 321 g/mol. The van der Waals surface area contributed by atoms with Gasteiger partial charge in [0.25, 0.3) is 0 Å². The molecule has 1 fully saturated rings. The van der Waals surface area contributed by atoms with Crippen LogP contribution in [-0.4, -0.2) is 0 Å². The van der Waals surface area contributed by atoms with Crippen LogP contribution >= 0.6 is 0 Å². The van der Waals surface area contributed by atoms with Crippen molar-refractivity contribution in [1.82, 2.24) is 0 Å². The summed E-state index contributed by atoms with van der Waals surface area (Å²) in [6.45, 7) is 14.2. The van der Waals surface area contributed by atoms with Gasteiger partial charge in [0.15, 0.2) is 0 Å². The Balaban J connectivity index is 0.000000199. The molecule has 1 aliphatic carbocycles. The van der Waals surface area contributed by atoms with Gasteiger partial charge in [0, 0.05) is 0 Å². The van der Waals surface area contributed by atoms with Crippen LogP contribution in [-0.2, 0) is 0 Å². The molecule has 0 nitrogen and oxygen atoms in total. The van der Waals surface area contributed by atoms with E-state index in [1.165, 1.54) is 40.3 Å². The third-order valence-corrected chi connectivity index (χ3v) is 4.19. The first kappa shape index (κ1) is 20.0. The van der Waals surface area contributed by atoms with Crippen LogP contribution in [0.4, 0.5) is 0 Å². The Bertz CT molecular complexity index is 697. The highest BCUT2D eigenvalue weighted by molar-refractivity contribution is 5.82. The lowest BCUT2D eigenvalue weighted by molar-refractivity contribution is 0.983. The van der Waals surface area contributed by atoms with E-state index in [-0.39, 0.29) is 0 Å². The maximum atomic E-state index is 3.61. The minimum Gasteiger partial charge on any atom is -0.0991 e. The summed E-state index contributed by atoms with van der Waals surface area (Å²) in [4.78, 5) is 0. The van der Waals surface area contributed by atoms with Crippen LogP contribution < -0.4 is 0 Å². The molecule has 0 atom stereocenters. The van der Waals surface area contributed by atoms with Crippen molar-refractivity contribution in [2.75, 3.05) is 0 Å². The standard InChI is InChI=1S/C11H10.C9H14.C4H8/c1-9-6-7-10-4-2-3-5-11(10)8-9;1-5-7-9(4)8(3)6-2;1-4-2-3-4/h2-8H,1H3;5-7H,1H2,2-4H3;4H,2-3H2,1H3/b;8-6-,9-7+;. The monoisotopic (exact) mass is 320 g/mol. The van der Waals surface area contributed by atoms with E-state index in [2.05, 4.69) is 82.8 Å². The molecule has 0 bridgehead atoms. The number of aryl methyl sites for hydroxylation is 1. The third kappa shape index (κ3) is 7.97. The topological polar surface area (TPSA) is 0 Å². The lowest BCUT2D eigenvalue weighted by atomic mass is 10.1. The van der Waals surface area contributed by atoms with Crippen molar-refractivity contribution in [2.24, 2.45) is 5.92 Å². The van der Waals surface area contributed by atoms with E-state index in [0.29, 0.717) is 0 Å². The molecule has 0 saturated heterocycles. The number of benzene rings is 2. The van der Waals surface area contributed by atoms with Crippen molar-refractivity contribution >= 4 is 10.8 Å². The minimum absolute atomic E-state index is 1.08. The van der Waals surface area contributed by atoms with E-state index in [4.69, 9.17) is 0 Å². The lowest BCUT2D eigenvalue weighted by Crippen LogP contribution is -1.75. The summed E-state index contributed by atoms with van der Waals surface area (Å²) in [7, 11) is 0. The van der Waals surface area contributed by atoms with Gasteiger partial charge in [-0.05, 0) is 50.0 Å². The van der Waals surface area contributed by atoms with E-state index >= 15 is 0 Å². The molecular formula is C24H32. The molecule has 1 saturated carbocycles. The second kappa shape index (κ2) is 10.6. The molecule has 0 heterocycles. The van der Waals surface area contributed by atoms with Gasteiger partial charge in [0.1, 0.15) is 0 Å². The molecule has 0 unspecified atom stereocenters. The van der Waals surface area contributed by atoms with Gasteiger partial charge in [0.2, 0.25) is 0 Å². The molecule has 0 radical (unpaired) electrons. The van der Waals surface area contributed by atoms with E-state index in [1.807, 2.05) is 19.1 Å². The molecule has 1 aliphatic rings. The van der Waals surface area contributed by atoms with Gasteiger partial charge in [-0.1, -0.05) is 98.2 Å². The average Bonchev–Trinajstić information content (AvgIpc) is 3.37. The molecule has 2 aromatic carbocycles. The molecule has 0 aliphatic heterocycles. The third-order valence-electron chi connectivity index (χ3n) is 4.19. The fourth-order valence-electron chi connectivity index (χ4n) is 2.01. The second-order valence-corrected chi connectivity index (χ2v) is 6.59. The lowest BCUT2D eigenvalue weighted by Gasteiger charge is -1.96. The normalized spacial score (nSPS) is 14.2. The Morgan fingerprint density at radius 3 is 2.08 bits per heavy atom. The van der Waals surface area contributed by atoms with Crippen LogP contribution in [0.5, 0.6) is 0 Å². The molecule has 0 N–H and O–H groups in total. The second-order valence-electron chi connectivity index (χ2n) is 6.59. The van der Waals surface area contributed by atoms with Gasteiger partial charge >= 0.3 is 0 Å². The first-order valence-electron chi connectivity index (χ1n) is 8.86. The van der Waals surface area contributed by atoms with Crippen molar-refractivity contribution in [3.63, 3.8) is 0 Å². The number of allylic oxidation sites excluding steroid dienone is 5. The van der Waals surface area contributed by atoms with Crippen LogP contribution in [0.15, 0.2) is 78.4 Å². The predicted octanol–water partition coefficient (Wildman–Crippen LogP) is 7.65. The number of rotatable bonds is 2. The zero-order chi connectivity index (χ0) is 17.9. The van der Waals surface area contributed by atoms with Gasteiger partial charge in [0.05, 0.1) is 0 Å². The molecule has 2 aromatic rings. The minimum atomic E-state index is 1.08. The Kier molecular flexibility index (Phi) is 8.86. The van der Waals surface area contributed by atoms with Crippen LogP contribution in [0.25, 0.3) is 10.8 Å². The molecule has 128 valence electrons. The van der Waals surface area contributed by atoms with Gasteiger partial charge in [-0.25, -0.2) is 0 Å². The van der Waals surface area contributed by atoms with E-state index in [1.54, 1.807) is 0 Å². The zero-order valence-corrected chi connectivity index (χ0v) is 16.0. The van der Waals surface area contributed by atoms with Crippen molar-refractivity contribution in [3.8, 4) is 0 Å². The fourth-order valence-corrected chi connectivity index (χ4v) is 2.01. The Morgan fingerprint density at radius 2 is 1.58 bits per heavy atom. The largest absolute Gasteiger partial charge is 0.0991 e. The molecule has 0 spiro atoms. The van der Waals surface area contributed by atoms with Gasteiger partial charge in [-0.3, -0.25) is 0 Å². The highest BCUT2D eigenvalue weighted by atomic mass is 14.2. The number of hydrogen-bond donors (Lipinski definition) is 0. The Morgan fingerprint density at radius 1 is 1.00 bits per heavy atom. The highest BCUT2D eigenvalue weighted by Gasteiger charge is 2.12. The van der Waals surface area contributed by atoms with E-state index in [9.17, 15) is 0 Å². The van der Waals surface area contributed by atoms with Crippen LogP contribution in [0, 0.1) is 12.8 Å². The molecule has 0 aromatic heterocycles. The summed E-state index contributed by atoms with van der Waals surface area (Å²) in [5.41, 5.74) is 3.92. The summed E-state index contributed by atoms with van der Waals surface area (Å²) in [5.74, 6) is 1.08. The van der Waals surface area contributed by atoms with Crippen LogP contribution in [0.1, 0.15) is 46.1 Å². The maximum absolute atomic E-state index is 3.61. The van der Waals surface area contributed by atoms with E-state index in [0.717, 1.165) is 5.92 Å². The summed E-state index contributed by atoms with van der Waals surface area (Å²) in [5, 5.41) is 2.64. The van der Waals surface area contributed by atoms with Crippen molar-refractivity contribution in [2.45, 2.75) is 47.5 Å². The SMILES string of the molecule is C=C/C=C(C)/C(C)=C\C.CC1CC1.Cc1ccc2ccccc2c1. The zero-order valence-electron chi connectivity index (χ0n) is 16.0. The molecule has 0 heteroatoms. The highest BCUT2D eigenvalue weighted by Crippen LogP contribution is 2.26. The van der Waals surface area contributed by atoms with Gasteiger partial charge < -0.3 is 0 Å². The first-order chi connectivity index (χ1) is 11.5. The smallest absolute Gasteiger partial charge is 0.0181 e. The summed E-state index contributed by atoms with van der Waals surface area (Å²) >= 11 is 0. The quantitative estimate of drug-likeness (QED) is 0.498. The Hall–Kier alpha value is -2.08. The van der Waals surface area contributed by atoms with E-state index < -0.39 is 0 Å². The number of hydrogen-bond acceptors (Lipinski definition) is 0. The molecule has 24 heavy (non-hydrogen) atoms. The molecule has 3 rings (SSSR count). The maximum Gasteiger partial charge on any atom is -0.0181 e. The Labute approximate surface area is 148 Å². The van der Waals surface area contributed by atoms with Crippen LogP contribution in [0.3, 0.4) is 0 Å². The molecular weight excluding hydrogens is 288 g/mol. The van der Waals surface area contributed by atoms with Crippen molar-refractivity contribution in [3.05, 3.63) is 84.0 Å². The number of fused-ring (bicyclic) bond motifs is 1. The summed E-state index contributed by atoms with van der Waals surface area (Å²) in [6.07, 6.45) is 8.88. The van der Waals surface area contributed by atoms with Gasteiger partial charge in [-0.2, -0.15) is 0 Å². The predicted molar refractivity (Wildman–Crippen MR) is 110 cm³/mol. The summed E-state index contributed by atoms with van der Waals surface area (Å²) < 4.78 is 0. The molecule has 0 amide bonds. The van der Waals surface area contributed by atoms with Crippen LogP contribution in [0.2, 0.25) is 0 Å². The first-order valence-corrected chi connectivity index (χ1v) is 8.86. The fraction of sp³-hybridized carbons (Fsp3) is 0.333. The van der Waals surface area contributed by atoms with Crippen molar-refractivity contribution < 1.29 is 0 Å².